The second-order valence-electron chi connectivity index (χ2n) is 7.89. The number of benzene rings is 1. The minimum atomic E-state index is -1.07. The third kappa shape index (κ3) is 3.79. The van der Waals surface area contributed by atoms with Gasteiger partial charge in [-0.3, -0.25) is 19.3 Å². The van der Waals surface area contributed by atoms with Crippen LogP contribution in [0.25, 0.3) is 0 Å². The first-order valence-corrected chi connectivity index (χ1v) is 9.72. The zero-order valence-corrected chi connectivity index (χ0v) is 16.5. The molecule has 2 aliphatic heterocycles. The van der Waals surface area contributed by atoms with Crippen molar-refractivity contribution in [2.24, 2.45) is 11.8 Å². The fourth-order valence-electron chi connectivity index (χ4n) is 3.70. The maximum Gasteiger partial charge on any atom is 0.330 e. The highest BCUT2D eigenvalue weighted by molar-refractivity contribution is 6.22. The fourth-order valence-corrected chi connectivity index (χ4v) is 3.70. The number of nitrogens with zero attached hydrogens (tertiary/aromatic N) is 2. The summed E-state index contributed by atoms with van der Waals surface area (Å²) in [6.07, 6.45) is 1.87. The molecule has 7 heteroatoms. The van der Waals surface area contributed by atoms with Crippen molar-refractivity contribution in [2.45, 2.75) is 39.7 Å². The first kappa shape index (κ1) is 20.0. The second kappa shape index (κ2) is 8.12. The van der Waals surface area contributed by atoms with E-state index in [2.05, 4.69) is 6.92 Å². The number of carbonyl (C=O) groups excluding carboxylic acids is 4. The maximum atomic E-state index is 12.7. The van der Waals surface area contributed by atoms with Crippen molar-refractivity contribution in [3.05, 3.63) is 35.4 Å². The number of ether oxygens (including phenoxy) is 1. The summed E-state index contributed by atoms with van der Waals surface area (Å²) >= 11 is 0. The van der Waals surface area contributed by atoms with Gasteiger partial charge in [0, 0.05) is 13.1 Å². The highest BCUT2D eigenvalue weighted by atomic mass is 16.5. The Kier molecular flexibility index (Phi) is 5.82. The van der Waals surface area contributed by atoms with Gasteiger partial charge >= 0.3 is 5.97 Å². The van der Waals surface area contributed by atoms with Gasteiger partial charge in [-0.2, -0.15) is 0 Å². The Morgan fingerprint density at radius 3 is 2.11 bits per heavy atom. The van der Waals surface area contributed by atoms with Crippen LogP contribution in [-0.4, -0.2) is 59.2 Å². The first-order valence-electron chi connectivity index (χ1n) is 9.72. The van der Waals surface area contributed by atoms with Crippen LogP contribution < -0.4 is 0 Å². The van der Waals surface area contributed by atoms with E-state index in [9.17, 15) is 19.2 Å². The number of imide groups is 1. The number of hydrogen-bond acceptors (Lipinski definition) is 5. The van der Waals surface area contributed by atoms with Crippen LogP contribution in [0.15, 0.2) is 24.3 Å². The molecule has 0 N–H and O–H groups in total. The molecule has 150 valence electrons. The predicted molar refractivity (Wildman–Crippen MR) is 102 cm³/mol. The topological polar surface area (TPSA) is 84.0 Å². The average Bonchev–Trinajstić information content (AvgIpc) is 2.92. The average molecular weight is 386 g/mol. The molecule has 3 rings (SSSR count). The van der Waals surface area contributed by atoms with Crippen LogP contribution in [0.5, 0.6) is 0 Å². The van der Waals surface area contributed by atoms with Crippen molar-refractivity contribution < 1.29 is 23.9 Å². The van der Waals surface area contributed by atoms with Gasteiger partial charge in [0.15, 0.2) is 6.61 Å². The van der Waals surface area contributed by atoms with Gasteiger partial charge < -0.3 is 9.64 Å². The van der Waals surface area contributed by atoms with Gasteiger partial charge in [-0.05, 0) is 36.8 Å². The molecule has 1 atom stereocenters. The van der Waals surface area contributed by atoms with Crippen LogP contribution >= 0.6 is 0 Å². The lowest BCUT2D eigenvalue weighted by molar-refractivity contribution is -0.156. The van der Waals surface area contributed by atoms with Gasteiger partial charge in [0.1, 0.15) is 6.04 Å². The molecular weight excluding hydrogens is 360 g/mol. The normalized spacial score (nSPS) is 18.4. The van der Waals surface area contributed by atoms with Crippen molar-refractivity contribution in [1.82, 2.24) is 9.80 Å². The molecule has 0 spiro atoms. The van der Waals surface area contributed by atoms with Gasteiger partial charge in [-0.25, -0.2) is 4.79 Å². The molecule has 0 aliphatic carbocycles. The predicted octanol–water partition coefficient (Wildman–Crippen LogP) is 2.11. The number of fused-ring (bicyclic) bond motifs is 1. The summed E-state index contributed by atoms with van der Waals surface area (Å²) in [4.78, 5) is 53.1. The number of likely N-dealkylation sites (tertiary alicyclic amines) is 1. The number of esters is 1. The molecule has 28 heavy (non-hydrogen) atoms. The highest BCUT2D eigenvalue weighted by Crippen LogP contribution is 2.27. The van der Waals surface area contributed by atoms with Gasteiger partial charge in [0.2, 0.25) is 0 Å². The minimum absolute atomic E-state index is 0.245. The number of hydrogen-bond donors (Lipinski definition) is 0. The van der Waals surface area contributed by atoms with E-state index >= 15 is 0 Å². The number of amides is 3. The van der Waals surface area contributed by atoms with Crippen molar-refractivity contribution in [3.63, 3.8) is 0 Å². The summed E-state index contributed by atoms with van der Waals surface area (Å²) < 4.78 is 5.24. The molecule has 1 aromatic carbocycles. The lowest BCUT2D eigenvalue weighted by atomic mass is 9.99. The summed E-state index contributed by atoms with van der Waals surface area (Å²) in [6.45, 7) is 6.57. The molecule has 0 unspecified atom stereocenters. The van der Waals surface area contributed by atoms with Crippen LogP contribution in [0.2, 0.25) is 0 Å². The molecule has 0 bridgehead atoms. The largest absolute Gasteiger partial charge is 0.454 e. The summed E-state index contributed by atoms with van der Waals surface area (Å²) in [7, 11) is 0. The van der Waals surface area contributed by atoms with E-state index in [1.165, 1.54) is 0 Å². The lowest BCUT2D eigenvalue weighted by Gasteiger charge is -2.31. The number of rotatable bonds is 5. The number of piperidine rings is 1. The fraction of sp³-hybridized carbons (Fsp3) is 0.524. The maximum absolute atomic E-state index is 12.7. The van der Waals surface area contributed by atoms with Crippen LogP contribution in [0, 0.1) is 11.8 Å². The van der Waals surface area contributed by atoms with Gasteiger partial charge in [0.05, 0.1) is 11.1 Å². The SMILES string of the molecule is CC1CCN(C(=O)COC(=O)[C@H](C(C)C)N2C(=O)c3ccccc3C2=O)CC1. The second-order valence-corrected chi connectivity index (χ2v) is 7.89. The molecule has 1 aromatic rings. The van der Waals surface area contributed by atoms with Gasteiger partial charge in [0.25, 0.3) is 17.7 Å². The summed E-state index contributed by atoms with van der Waals surface area (Å²) in [5, 5.41) is 0. The molecule has 3 amide bonds. The van der Waals surface area contributed by atoms with Crippen molar-refractivity contribution in [3.8, 4) is 0 Å². The lowest BCUT2D eigenvalue weighted by Crippen LogP contribution is -2.49. The van der Waals surface area contributed by atoms with Crippen LogP contribution in [0.3, 0.4) is 0 Å². The first-order chi connectivity index (χ1) is 13.3. The minimum Gasteiger partial charge on any atom is -0.454 e. The Hall–Kier alpha value is -2.70. The van der Waals surface area contributed by atoms with E-state index in [-0.39, 0.29) is 29.6 Å². The Labute approximate surface area is 164 Å². The standard InChI is InChI=1S/C21H26N2O5/c1-13(2)18(23-19(25)15-6-4-5-7-16(15)20(23)26)21(27)28-12-17(24)22-10-8-14(3)9-11-22/h4-7,13-14,18H,8-12H2,1-3H3/t18-/m0/s1. The third-order valence-electron chi connectivity index (χ3n) is 5.45. The molecular formula is C21H26N2O5. The quantitative estimate of drug-likeness (QED) is 0.572. The molecule has 1 fully saturated rings. The van der Waals surface area contributed by atoms with E-state index in [4.69, 9.17) is 4.74 Å². The third-order valence-corrected chi connectivity index (χ3v) is 5.45. The molecule has 2 aliphatic rings. The molecule has 2 heterocycles. The molecule has 1 saturated heterocycles. The van der Waals surface area contributed by atoms with Gasteiger partial charge in [-0.15, -0.1) is 0 Å². The number of carbonyl (C=O) groups is 4. The summed E-state index contributed by atoms with van der Waals surface area (Å²) in [6, 6.07) is 5.42. The summed E-state index contributed by atoms with van der Waals surface area (Å²) in [5.74, 6) is -1.75. The molecule has 0 radical (unpaired) electrons. The zero-order chi connectivity index (χ0) is 20.4. The van der Waals surface area contributed by atoms with Crippen LogP contribution in [0.4, 0.5) is 0 Å². The van der Waals surface area contributed by atoms with Crippen molar-refractivity contribution in [2.75, 3.05) is 19.7 Å². The highest BCUT2D eigenvalue weighted by Gasteiger charge is 2.44. The molecule has 0 aromatic heterocycles. The molecule has 7 nitrogen and oxygen atoms in total. The Morgan fingerprint density at radius 1 is 1.07 bits per heavy atom. The van der Waals surface area contributed by atoms with E-state index < -0.39 is 23.8 Å². The van der Waals surface area contributed by atoms with Crippen molar-refractivity contribution >= 4 is 23.7 Å². The zero-order valence-electron chi connectivity index (χ0n) is 16.5. The van der Waals surface area contributed by atoms with E-state index in [0.29, 0.717) is 19.0 Å². The Balaban J connectivity index is 1.68. The molecule has 0 saturated carbocycles. The monoisotopic (exact) mass is 386 g/mol. The van der Waals surface area contributed by atoms with Crippen LogP contribution in [-0.2, 0) is 14.3 Å². The van der Waals surface area contributed by atoms with E-state index in [1.54, 1.807) is 43.0 Å². The Morgan fingerprint density at radius 2 is 1.61 bits per heavy atom. The van der Waals surface area contributed by atoms with Crippen LogP contribution in [0.1, 0.15) is 54.3 Å². The summed E-state index contributed by atoms with van der Waals surface area (Å²) in [5.41, 5.74) is 0.564. The Bertz CT molecular complexity index is 761. The van der Waals surface area contributed by atoms with Gasteiger partial charge in [-0.1, -0.05) is 32.9 Å². The van der Waals surface area contributed by atoms with E-state index in [1.807, 2.05) is 0 Å². The smallest absolute Gasteiger partial charge is 0.330 e. The van der Waals surface area contributed by atoms with Crippen molar-refractivity contribution in [1.29, 1.82) is 0 Å². The van der Waals surface area contributed by atoms with E-state index in [0.717, 1.165) is 17.7 Å².